The predicted molar refractivity (Wildman–Crippen MR) is 119 cm³/mol. The Bertz CT molecular complexity index is 1270. The third-order valence-electron chi connectivity index (χ3n) is 5.60. The standard InChI is InChI=1S/C24H17ClF6N2O2/c1-13-12-32(16-4-6-17(34)7-5-16)21-11-15(25)3-9-19(21)33(22(13)35)20-10-14(23(26,27)28)2-8-18(20)24(29,30)31/h2-11,13,34H,12H2,1H3. The number of benzene rings is 3. The maximum absolute atomic E-state index is 13.9. The first-order chi connectivity index (χ1) is 16.3. The van der Waals surface area contributed by atoms with Gasteiger partial charge in [-0.05, 0) is 60.7 Å². The van der Waals surface area contributed by atoms with Gasteiger partial charge in [-0.3, -0.25) is 9.69 Å². The number of hydrogen-bond donors (Lipinski definition) is 1. The first-order valence-corrected chi connectivity index (χ1v) is 10.6. The van der Waals surface area contributed by atoms with Crippen molar-refractivity contribution in [1.82, 2.24) is 0 Å². The Labute approximate surface area is 201 Å². The molecular formula is C24H17ClF6N2O2. The molecule has 0 saturated carbocycles. The minimum absolute atomic E-state index is 0.00619. The van der Waals surface area contributed by atoms with Crippen molar-refractivity contribution in [3.05, 3.63) is 76.8 Å². The summed E-state index contributed by atoms with van der Waals surface area (Å²) in [5.41, 5.74) is -3.00. The van der Waals surface area contributed by atoms with Crippen LogP contribution in [0.2, 0.25) is 5.02 Å². The molecule has 0 aromatic heterocycles. The second-order valence-electron chi connectivity index (χ2n) is 8.06. The highest BCUT2D eigenvalue weighted by Crippen LogP contribution is 2.48. The third kappa shape index (κ3) is 4.75. The predicted octanol–water partition coefficient (Wildman–Crippen LogP) is 7.54. The van der Waals surface area contributed by atoms with Crippen LogP contribution in [0.3, 0.4) is 0 Å². The number of halogens is 7. The minimum atomic E-state index is -5.03. The zero-order chi connectivity index (χ0) is 25.7. The first kappa shape index (κ1) is 24.7. The highest BCUT2D eigenvalue weighted by molar-refractivity contribution is 6.31. The number of hydrogen-bond acceptors (Lipinski definition) is 3. The summed E-state index contributed by atoms with van der Waals surface area (Å²) in [7, 11) is 0. The van der Waals surface area contributed by atoms with Crippen molar-refractivity contribution < 1.29 is 36.2 Å². The Balaban J connectivity index is 2.01. The Morgan fingerprint density at radius 3 is 2.11 bits per heavy atom. The molecule has 0 aliphatic carbocycles. The fourth-order valence-corrected chi connectivity index (χ4v) is 4.12. The van der Waals surface area contributed by atoms with Crippen LogP contribution in [0.4, 0.5) is 49.1 Å². The van der Waals surface area contributed by atoms with Gasteiger partial charge in [-0.25, -0.2) is 0 Å². The van der Waals surface area contributed by atoms with Crippen LogP contribution < -0.4 is 9.80 Å². The lowest BCUT2D eigenvalue weighted by Crippen LogP contribution is -2.34. The SMILES string of the molecule is CC1CN(c2ccc(O)cc2)c2cc(Cl)ccc2N(c2cc(C(F)(F)F)ccc2C(F)(F)F)C1=O. The van der Waals surface area contributed by atoms with Gasteiger partial charge in [0.15, 0.2) is 0 Å². The summed E-state index contributed by atoms with van der Waals surface area (Å²) in [5, 5.41) is 9.84. The molecule has 3 aromatic carbocycles. The Morgan fingerprint density at radius 1 is 0.857 bits per heavy atom. The Morgan fingerprint density at radius 2 is 1.51 bits per heavy atom. The molecule has 0 spiro atoms. The number of alkyl halides is 6. The van der Waals surface area contributed by atoms with Gasteiger partial charge < -0.3 is 10.0 Å². The summed E-state index contributed by atoms with van der Waals surface area (Å²) in [6.45, 7) is 1.46. The van der Waals surface area contributed by atoms with E-state index >= 15 is 0 Å². The summed E-state index contributed by atoms with van der Waals surface area (Å²) in [4.78, 5) is 15.7. The number of rotatable bonds is 2. The van der Waals surface area contributed by atoms with E-state index in [0.29, 0.717) is 28.8 Å². The smallest absolute Gasteiger partial charge is 0.418 e. The average molecular weight is 515 g/mol. The van der Waals surface area contributed by atoms with Crippen LogP contribution >= 0.6 is 11.6 Å². The van der Waals surface area contributed by atoms with Gasteiger partial charge in [0.2, 0.25) is 5.91 Å². The Hall–Kier alpha value is -3.40. The van der Waals surface area contributed by atoms with Gasteiger partial charge in [-0.1, -0.05) is 18.5 Å². The number of carbonyl (C=O) groups is 1. The number of nitrogens with zero attached hydrogens (tertiary/aromatic N) is 2. The zero-order valence-electron chi connectivity index (χ0n) is 18.0. The van der Waals surface area contributed by atoms with E-state index in [1.165, 1.54) is 49.4 Å². The van der Waals surface area contributed by atoms with Crippen LogP contribution in [0.25, 0.3) is 0 Å². The number of anilines is 4. The topological polar surface area (TPSA) is 43.8 Å². The lowest BCUT2D eigenvalue weighted by atomic mass is 10.0. The van der Waals surface area contributed by atoms with Gasteiger partial charge >= 0.3 is 12.4 Å². The number of carbonyl (C=O) groups excluding carboxylic acids is 1. The normalized spacial score (nSPS) is 16.8. The second-order valence-corrected chi connectivity index (χ2v) is 8.50. The summed E-state index contributed by atoms with van der Waals surface area (Å²) in [6.07, 6.45) is -9.96. The number of amides is 1. The molecule has 0 saturated heterocycles. The molecule has 0 fully saturated rings. The summed E-state index contributed by atoms with van der Waals surface area (Å²) >= 11 is 6.16. The second kappa shape index (κ2) is 8.67. The monoisotopic (exact) mass is 514 g/mol. The minimum Gasteiger partial charge on any atom is -0.508 e. The van der Waals surface area contributed by atoms with Crippen LogP contribution in [0.5, 0.6) is 5.75 Å². The van der Waals surface area contributed by atoms with E-state index in [9.17, 15) is 36.2 Å². The third-order valence-corrected chi connectivity index (χ3v) is 5.84. The van der Waals surface area contributed by atoms with Gasteiger partial charge in [0.25, 0.3) is 0 Å². The molecule has 184 valence electrons. The van der Waals surface area contributed by atoms with Crippen molar-refractivity contribution in [1.29, 1.82) is 0 Å². The molecule has 1 aliphatic rings. The number of aromatic hydroxyl groups is 1. The number of phenols is 1. The Kier molecular flexibility index (Phi) is 6.12. The fourth-order valence-electron chi connectivity index (χ4n) is 3.95. The molecule has 1 N–H and O–H groups in total. The van der Waals surface area contributed by atoms with E-state index in [0.717, 1.165) is 0 Å². The molecule has 4 nitrogen and oxygen atoms in total. The van der Waals surface area contributed by atoms with Crippen molar-refractivity contribution in [2.24, 2.45) is 5.92 Å². The number of phenolic OH excluding ortho intramolecular Hbond substituents is 1. The molecular weight excluding hydrogens is 498 g/mol. The van der Waals surface area contributed by atoms with Crippen molar-refractivity contribution >= 4 is 40.3 Å². The molecule has 3 aromatic rings. The summed E-state index contributed by atoms with van der Waals surface area (Å²) in [6, 6.07) is 10.9. The molecule has 0 bridgehead atoms. The van der Waals surface area contributed by atoms with Crippen molar-refractivity contribution in [2.75, 3.05) is 16.3 Å². The fraction of sp³-hybridized carbons (Fsp3) is 0.208. The first-order valence-electron chi connectivity index (χ1n) is 10.3. The molecule has 0 radical (unpaired) electrons. The molecule has 1 unspecified atom stereocenters. The van der Waals surface area contributed by atoms with E-state index in [1.807, 2.05) is 0 Å². The maximum Gasteiger partial charge on any atom is 0.418 e. The van der Waals surface area contributed by atoms with Crippen molar-refractivity contribution in [3.8, 4) is 5.75 Å². The molecule has 1 amide bonds. The van der Waals surface area contributed by atoms with Crippen molar-refractivity contribution in [2.45, 2.75) is 19.3 Å². The highest BCUT2D eigenvalue weighted by atomic mass is 35.5. The average Bonchev–Trinajstić information content (AvgIpc) is 2.87. The van der Waals surface area contributed by atoms with Crippen LogP contribution in [-0.4, -0.2) is 17.6 Å². The van der Waals surface area contributed by atoms with E-state index in [-0.39, 0.29) is 28.7 Å². The molecule has 4 rings (SSSR count). The quantitative estimate of drug-likeness (QED) is 0.359. The largest absolute Gasteiger partial charge is 0.508 e. The lowest BCUT2D eigenvalue weighted by Gasteiger charge is -2.29. The summed E-state index contributed by atoms with van der Waals surface area (Å²) in [5.74, 6) is -1.77. The van der Waals surface area contributed by atoms with Gasteiger partial charge in [0, 0.05) is 17.3 Å². The van der Waals surface area contributed by atoms with E-state index in [2.05, 4.69) is 0 Å². The van der Waals surface area contributed by atoms with Gasteiger partial charge in [-0.15, -0.1) is 0 Å². The van der Waals surface area contributed by atoms with Gasteiger partial charge in [0.05, 0.1) is 34.1 Å². The van der Waals surface area contributed by atoms with E-state index in [1.54, 1.807) is 4.90 Å². The van der Waals surface area contributed by atoms with Crippen LogP contribution in [0.15, 0.2) is 60.7 Å². The molecule has 11 heteroatoms. The van der Waals surface area contributed by atoms with Gasteiger partial charge in [0.1, 0.15) is 5.75 Å². The highest BCUT2D eigenvalue weighted by Gasteiger charge is 2.42. The number of fused-ring (bicyclic) bond motifs is 1. The molecule has 35 heavy (non-hydrogen) atoms. The maximum atomic E-state index is 13.9. The molecule has 1 aliphatic heterocycles. The van der Waals surface area contributed by atoms with Crippen LogP contribution in [0, 0.1) is 5.92 Å². The lowest BCUT2D eigenvalue weighted by molar-refractivity contribution is -0.141. The van der Waals surface area contributed by atoms with Crippen molar-refractivity contribution in [3.63, 3.8) is 0 Å². The summed E-state index contributed by atoms with van der Waals surface area (Å²) < 4.78 is 82.1. The molecule has 1 heterocycles. The molecule has 1 atom stereocenters. The van der Waals surface area contributed by atoms with E-state index in [4.69, 9.17) is 11.6 Å². The van der Waals surface area contributed by atoms with E-state index < -0.39 is 41.0 Å². The van der Waals surface area contributed by atoms with Crippen LogP contribution in [0.1, 0.15) is 18.1 Å². The van der Waals surface area contributed by atoms with Gasteiger partial charge in [-0.2, -0.15) is 26.3 Å². The van der Waals surface area contributed by atoms with Crippen LogP contribution in [-0.2, 0) is 17.1 Å². The zero-order valence-corrected chi connectivity index (χ0v) is 18.7.